The second-order valence-corrected chi connectivity index (χ2v) is 9.18. The molecular formula is C24H34N8O2. The van der Waals surface area contributed by atoms with E-state index in [9.17, 15) is 9.59 Å². The first kappa shape index (κ1) is 23.9. The molecule has 34 heavy (non-hydrogen) atoms. The van der Waals surface area contributed by atoms with Crippen molar-refractivity contribution in [2.24, 2.45) is 5.73 Å². The first-order valence-corrected chi connectivity index (χ1v) is 11.9. The minimum atomic E-state index is -0.565. The van der Waals surface area contributed by atoms with E-state index in [0.717, 1.165) is 56.1 Å². The molecule has 2 aromatic rings. The topological polar surface area (TPSA) is 135 Å². The average Bonchev–Trinajstić information content (AvgIpc) is 2.83. The van der Waals surface area contributed by atoms with Gasteiger partial charge in [-0.05, 0) is 45.2 Å². The number of pyridine rings is 1. The van der Waals surface area contributed by atoms with Crippen LogP contribution in [0.15, 0.2) is 18.3 Å². The highest BCUT2D eigenvalue weighted by atomic mass is 16.2. The van der Waals surface area contributed by atoms with E-state index in [0.29, 0.717) is 36.6 Å². The van der Waals surface area contributed by atoms with Gasteiger partial charge in [0.1, 0.15) is 17.3 Å². The molecule has 2 fully saturated rings. The molecule has 2 aliphatic rings. The van der Waals surface area contributed by atoms with Gasteiger partial charge in [0.25, 0.3) is 11.8 Å². The van der Waals surface area contributed by atoms with Gasteiger partial charge >= 0.3 is 0 Å². The van der Waals surface area contributed by atoms with Crippen molar-refractivity contribution in [3.05, 3.63) is 41.0 Å². The number of likely N-dealkylation sites (tertiary alicyclic amines) is 1. The van der Waals surface area contributed by atoms with Crippen LogP contribution in [0.1, 0.15) is 58.4 Å². The summed E-state index contributed by atoms with van der Waals surface area (Å²) in [7, 11) is 0. The normalized spacial score (nSPS) is 19.9. The molecule has 10 heteroatoms. The molecule has 4 rings (SSSR count). The molecule has 0 radical (unpaired) electrons. The monoisotopic (exact) mass is 466 g/mol. The van der Waals surface area contributed by atoms with Crippen molar-refractivity contribution in [3.63, 3.8) is 0 Å². The number of rotatable bonds is 5. The molecule has 0 aromatic carbocycles. The molecule has 2 aromatic heterocycles. The van der Waals surface area contributed by atoms with E-state index < -0.39 is 5.91 Å². The number of aromatic nitrogens is 3. The molecule has 0 saturated carbocycles. The third-order valence-corrected chi connectivity index (χ3v) is 6.99. The number of hydrogen-bond acceptors (Lipinski definition) is 8. The van der Waals surface area contributed by atoms with E-state index in [4.69, 9.17) is 11.5 Å². The highest BCUT2D eigenvalue weighted by Crippen LogP contribution is 2.27. The van der Waals surface area contributed by atoms with Crippen LogP contribution in [0, 0.1) is 13.8 Å². The Kier molecular flexibility index (Phi) is 6.97. The maximum absolute atomic E-state index is 13.0. The largest absolute Gasteiger partial charge is 0.383 e. The fraction of sp³-hybridized carbons (Fsp3) is 0.542. The minimum absolute atomic E-state index is 0.0335. The molecule has 0 spiro atoms. The number of amides is 2. The van der Waals surface area contributed by atoms with E-state index in [1.807, 2.05) is 24.8 Å². The van der Waals surface area contributed by atoms with Gasteiger partial charge in [0, 0.05) is 50.5 Å². The standard InChI is InChI=1S/C24H34N8O2/c1-4-17-14-31(23-16(3)29-20(13-27-23)22(26)33)11-12-32(17)18-7-9-30(10-8-18)24(34)19-6-5-15(2)28-21(19)25/h5-6,13,17-18H,4,7-12,14H2,1-3H3,(H2,25,28)(H2,26,33). The first-order valence-electron chi connectivity index (χ1n) is 11.9. The molecule has 1 unspecified atom stereocenters. The number of nitrogens with two attached hydrogens (primary N) is 2. The Balaban J connectivity index is 1.38. The summed E-state index contributed by atoms with van der Waals surface area (Å²) in [6.07, 6.45) is 4.36. The number of carbonyl (C=O) groups is 2. The average molecular weight is 467 g/mol. The Morgan fingerprint density at radius 3 is 2.44 bits per heavy atom. The second-order valence-electron chi connectivity index (χ2n) is 9.18. The molecule has 2 saturated heterocycles. The summed E-state index contributed by atoms with van der Waals surface area (Å²) in [5.41, 5.74) is 13.5. The minimum Gasteiger partial charge on any atom is -0.383 e. The van der Waals surface area contributed by atoms with Crippen molar-refractivity contribution < 1.29 is 9.59 Å². The quantitative estimate of drug-likeness (QED) is 0.675. The van der Waals surface area contributed by atoms with Crippen molar-refractivity contribution >= 4 is 23.5 Å². The van der Waals surface area contributed by atoms with Gasteiger partial charge in [-0.25, -0.2) is 15.0 Å². The van der Waals surface area contributed by atoms with Gasteiger partial charge < -0.3 is 21.3 Å². The molecule has 0 aliphatic carbocycles. The molecule has 1 atom stereocenters. The zero-order chi connectivity index (χ0) is 24.4. The van der Waals surface area contributed by atoms with Crippen LogP contribution in [0.25, 0.3) is 0 Å². The third kappa shape index (κ3) is 4.82. The fourth-order valence-corrected chi connectivity index (χ4v) is 5.14. The Hall–Kier alpha value is -3.27. The lowest BCUT2D eigenvalue weighted by Gasteiger charge is -2.47. The molecular weight excluding hydrogens is 432 g/mol. The molecule has 4 N–H and O–H groups in total. The molecule has 0 bridgehead atoms. The van der Waals surface area contributed by atoms with Gasteiger partial charge in [0.05, 0.1) is 17.5 Å². The number of piperidine rings is 1. The summed E-state index contributed by atoms with van der Waals surface area (Å²) in [5.74, 6) is 0.516. The number of nitrogen functional groups attached to an aromatic ring is 1. The fourth-order valence-electron chi connectivity index (χ4n) is 5.14. The summed E-state index contributed by atoms with van der Waals surface area (Å²) >= 11 is 0. The Labute approximate surface area is 200 Å². The highest BCUT2D eigenvalue weighted by Gasteiger charge is 2.35. The first-order chi connectivity index (χ1) is 16.3. The number of aryl methyl sites for hydroxylation is 2. The molecule has 182 valence electrons. The predicted octanol–water partition coefficient (Wildman–Crippen LogP) is 1.37. The van der Waals surface area contributed by atoms with Crippen LogP contribution in [0.4, 0.5) is 11.6 Å². The highest BCUT2D eigenvalue weighted by molar-refractivity contribution is 5.98. The number of carbonyl (C=O) groups excluding carboxylic acids is 2. The number of primary amides is 1. The van der Waals surface area contributed by atoms with Crippen molar-refractivity contribution in [2.75, 3.05) is 43.4 Å². The van der Waals surface area contributed by atoms with E-state index in [2.05, 4.69) is 31.7 Å². The third-order valence-electron chi connectivity index (χ3n) is 6.99. The lowest BCUT2D eigenvalue weighted by atomic mass is 9.97. The van der Waals surface area contributed by atoms with Crippen LogP contribution in [0.3, 0.4) is 0 Å². The van der Waals surface area contributed by atoms with Gasteiger partial charge in [-0.3, -0.25) is 14.5 Å². The lowest BCUT2D eigenvalue weighted by Crippen LogP contribution is -2.59. The van der Waals surface area contributed by atoms with Crippen molar-refractivity contribution in [3.8, 4) is 0 Å². The number of anilines is 2. The van der Waals surface area contributed by atoms with E-state index in [1.54, 1.807) is 6.07 Å². The zero-order valence-corrected chi connectivity index (χ0v) is 20.2. The van der Waals surface area contributed by atoms with Gasteiger partial charge in [-0.1, -0.05) is 6.92 Å². The van der Waals surface area contributed by atoms with Crippen LogP contribution in [-0.2, 0) is 0 Å². The summed E-state index contributed by atoms with van der Waals surface area (Å²) < 4.78 is 0. The molecule has 10 nitrogen and oxygen atoms in total. The van der Waals surface area contributed by atoms with Gasteiger partial charge in [0.2, 0.25) is 0 Å². The lowest BCUT2D eigenvalue weighted by molar-refractivity contribution is 0.0491. The van der Waals surface area contributed by atoms with Crippen LogP contribution in [0.5, 0.6) is 0 Å². The molecule has 2 aliphatic heterocycles. The van der Waals surface area contributed by atoms with E-state index in [1.165, 1.54) is 6.20 Å². The van der Waals surface area contributed by atoms with Crippen LogP contribution < -0.4 is 16.4 Å². The maximum Gasteiger partial charge on any atom is 0.268 e. The van der Waals surface area contributed by atoms with E-state index in [-0.39, 0.29) is 11.6 Å². The number of hydrogen-bond donors (Lipinski definition) is 2. The maximum atomic E-state index is 13.0. The Morgan fingerprint density at radius 2 is 1.82 bits per heavy atom. The van der Waals surface area contributed by atoms with Crippen molar-refractivity contribution in [1.29, 1.82) is 0 Å². The predicted molar refractivity (Wildman–Crippen MR) is 131 cm³/mol. The zero-order valence-electron chi connectivity index (χ0n) is 20.2. The Morgan fingerprint density at radius 1 is 1.09 bits per heavy atom. The summed E-state index contributed by atoms with van der Waals surface area (Å²) in [5, 5.41) is 0. The molecule has 4 heterocycles. The summed E-state index contributed by atoms with van der Waals surface area (Å²) in [6.45, 7) is 9.99. The van der Waals surface area contributed by atoms with Crippen LogP contribution >= 0.6 is 0 Å². The Bertz CT molecular complexity index is 1070. The summed E-state index contributed by atoms with van der Waals surface area (Å²) in [6, 6.07) is 4.43. The van der Waals surface area contributed by atoms with Gasteiger partial charge in [0.15, 0.2) is 0 Å². The van der Waals surface area contributed by atoms with Crippen LogP contribution in [-0.4, -0.2) is 81.4 Å². The molecule has 2 amide bonds. The smallest absolute Gasteiger partial charge is 0.268 e. The van der Waals surface area contributed by atoms with Crippen molar-refractivity contribution in [1.82, 2.24) is 24.8 Å². The SMILES string of the molecule is CCC1CN(c2ncc(C(N)=O)nc2C)CCN1C1CCN(C(=O)c2ccc(C)nc2N)CC1. The van der Waals surface area contributed by atoms with Crippen molar-refractivity contribution in [2.45, 2.75) is 52.1 Å². The summed E-state index contributed by atoms with van der Waals surface area (Å²) in [4.78, 5) is 44.2. The van der Waals surface area contributed by atoms with Gasteiger partial charge in [-0.2, -0.15) is 0 Å². The number of piperazine rings is 1. The number of nitrogens with zero attached hydrogens (tertiary/aromatic N) is 6. The van der Waals surface area contributed by atoms with E-state index >= 15 is 0 Å². The van der Waals surface area contributed by atoms with Gasteiger partial charge in [-0.15, -0.1) is 0 Å². The second kappa shape index (κ2) is 9.92. The van der Waals surface area contributed by atoms with Crippen LogP contribution in [0.2, 0.25) is 0 Å².